The molecular formula is C10H10N2OS. The Morgan fingerprint density at radius 2 is 2.43 bits per heavy atom. The minimum absolute atomic E-state index is 0.137. The Morgan fingerprint density at radius 3 is 2.86 bits per heavy atom. The number of aryl methyl sites for hydroxylation is 1. The molecule has 1 aromatic heterocycles. The highest BCUT2D eigenvalue weighted by Gasteiger charge is 2.07. The number of nitrogens with one attached hydrogen (secondary N) is 1. The average molecular weight is 206 g/mol. The summed E-state index contributed by atoms with van der Waals surface area (Å²) >= 11 is 1.51. The second-order valence-corrected chi connectivity index (χ2v) is 3.66. The number of carbonyl (C=O) groups excluding carboxylic acids is 1. The SMILES string of the molecule is CNC(=O)/C(C#N)=C\c1sccc1C. The van der Waals surface area contributed by atoms with Crippen LogP contribution in [0.25, 0.3) is 6.08 Å². The molecule has 0 aliphatic rings. The second kappa shape index (κ2) is 4.58. The Bertz CT molecular complexity index is 412. The fraction of sp³-hybridized carbons (Fsp3) is 0.200. The first kappa shape index (κ1) is 10.5. The maximum atomic E-state index is 11.2. The molecule has 0 saturated heterocycles. The lowest BCUT2D eigenvalue weighted by Gasteiger charge is -1.96. The topological polar surface area (TPSA) is 52.9 Å². The van der Waals surface area contributed by atoms with Gasteiger partial charge < -0.3 is 5.32 Å². The van der Waals surface area contributed by atoms with Gasteiger partial charge >= 0.3 is 0 Å². The van der Waals surface area contributed by atoms with Gasteiger partial charge in [-0.05, 0) is 30.0 Å². The smallest absolute Gasteiger partial charge is 0.261 e. The zero-order valence-corrected chi connectivity index (χ0v) is 8.81. The molecule has 0 saturated carbocycles. The van der Waals surface area contributed by atoms with Crippen molar-refractivity contribution in [1.82, 2.24) is 5.32 Å². The highest BCUT2D eigenvalue weighted by molar-refractivity contribution is 7.11. The van der Waals surface area contributed by atoms with Gasteiger partial charge in [-0.1, -0.05) is 0 Å². The van der Waals surface area contributed by atoms with Gasteiger partial charge in [0.05, 0.1) is 0 Å². The van der Waals surface area contributed by atoms with Crippen LogP contribution in [0.3, 0.4) is 0 Å². The van der Waals surface area contributed by atoms with E-state index in [0.29, 0.717) is 0 Å². The highest BCUT2D eigenvalue weighted by Crippen LogP contribution is 2.18. The first-order valence-electron chi connectivity index (χ1n) is 4.07. The molecule has 1 amide bonds. The number of rotatable bonds is 2. The average Bonchev–Trinajstić information content (AvgIpc) is 2.59. The van der Waals surface area contributed by atoms with Gasteiger partial charge in [0.25, 0.3) is 5.91 Å². The predicted molar refractivity (Wildman–Crippen MR) is 56.7 cm³/mol. The summed E-state index contributed by atoms with van der Waals surface area (Å²) in [6, 6.07) is 3.83. The van der Waals surface area contributed by atoms with E-state index in [1.807, 2.05) is 24.4 Å². The van der Waals surface area contributed by atoms with Crippen molar-refractivity contribution in [2.75, 3.05) is 7.05 Å². The molecular weight excluding hydrogens is 196 g/mol. The molecule has 4 heteroatoms. The first-order chi connectivity index (χ1) is 6.69. The molecule has 0 aromatic carbocycles. The summed E-state index contributed by atoms with van der Waals surface area (Å²) in [4.78, 5) is 12.1. The van der Waals surface area contributed by atoms with E-state index < -0.39 is 0 Å². The Labute approximate surface area is 86.7 Å². The number of amides is 1. The minimum Gasteiger partial charge on any atom is -0.354 e. The van der Waals surface area contributed by atoms with E-state index in [0.717, 1.165) is 10.4 Å². The van der Waals surface area contributed by atoms with Gasteiger partial charge in [-0.15, -0.1) is 11.3 Å². The Morgan fingerprint density at radius 1 is 1.71 bits per heavy atom. The minimum atomic E-state index is -0.347. The van der Waals surface area contributed by atoms with Gasteiger partial charge in [-0.3, -0.25) is 4.79 Å². The van der Waals surface area contributed by atoms with Crippen LogP contribution in [0.5, 0.6) is 0 Å². The first-order valence-corrected chi connectivity index (χ1v) is 4.95. The summed E-state index contributed by atoms with van der Waals surface area (Å²) in [5.41, 5.74) is 1.21. The normalized spacial score (nSPS) is 10.8. The largest absolute Gasteiger partial charge is 0.354 e. The third-order valence-electron chi connectivity index (χ3n) is 1.77. The molecule has 0 unspecified atom stereocenters. The third-order valence-corrected chi connectivity index (χ3v) is 2.74. The second-order valence-electron chi connectivity index (χ2n) is 2.72. The summed E-state index contributed by atoms with van der Waals surface area (Å²) in [6.45, 7) is 1.95. The molecule has 72 valence electrons. The van der Waals surface area contributed by atoms with Gasteiger partial charge in [0.2, 0.25) is 0 Å². The van der Waals surface area contributed by atoms with Crippen LogP contribution in [0.15, 0.2) is 17.0 Å². The fourth-order valence-electron chi connectivity index (χ4n) is 0.947. The van der Waals surface area contributed by atoms with Crippen molar-refractivity contribution >= 4 is 23.3 Å². The van der Waals surface area contributed by atoms with Crippen LogP contribution in [0, 0.1) is 18.3 Å². The number of carbonyl (C=O) groups is 1. The molecule has 0 atom stereocenters. The lowest BCUT2D eigenvalue weighted by atomic mass is 10.2. The number of likely N-dealkylation sites (N-methyl/N-ethyl adjacent to an activating group) is 1. The van der Waals surface area contributed by atoms with Gasteiger partial charge in [0, 0.05) is 11.9 Å². The Hall–Kier alpha value is -1.60. The number of thiophene rings is 1. The zero-order chi connectivity index (χ0) is 10.6. The quantitative estimate of drug-likeness (QED) is 0.591. The summed E-state index contributed by atoms with van der Waals surface area (Å²) in [5.74, 6) is -0.347. The van der Waals surface area contributed by atoms with Gasteiger partial charge in [-0.2, -0.15) is 5.26 Å². The Balaban J connectivity index is 3.03. The van der Waals surface area contributed by atoms with E-state index in [-0.39, 0.29) is 11.5 Å². The fourth-order valence-corrected chi connectivity index (χ4v) is 1.81. The van der Waals surface area contributed by atoms with Crippen molar-refractivity contribution in [1.29, 1.82) is 5.26 Å². The molecule has 1 aromatic rings. The van der Waals surface area contributed by atoms with E-state index in [2.05, 4.69) is 5.32 Å². The molecule has 1 heterocycles. The standard InChI is InChI=1S/C10H10N2OS/c1-7-3-4-14-9(7)5-8(6-11)10(13)12-2/h3-5H,1-2H3,(H,12,13)/b8-5-. The van der Waals surface area contributed by atoms with Gasteiger partial charge in [0.15, 0.2) is 0 Å². The summed E-state index contributed by atoms with van der Waals surface area (Å²) in [5, 5.41) is 13.1. The lowest BCUT2D eigenvalue weighted by Crippen LogP contribution is -2.19. The number of nitriles is 1. The van der Waals surface area contributed by atoms with E-state index in [9.17, 15) is 4.79 Å². The summed E-state index contributed by atoms with van der Waals surface area (Å²) in [6.07, 6.45) is 1.61. The van der Waals surface area contributed by atoms with Crippen LogP contribution in [-0.2, 0) is 4.79 Å². The molecule has 0 aliphatic heterocycles. The van der Waals surface area contributed by atoms with Crippen LogP contribution in [0.1, 0.15) is 10.4 Å². The van der Waals surface area contributed by atoms with Crippen LogP contribution >= 0.6 is 11.3 Å². The van der Waals surface area contributed by atoms with Crippen LogP contribution in [0.2, 0.25) is 0 Å². The molecule has 0 bridgehead atoms. The van der Waals surface area contributed by atoms with E-state index in [1.54, 1.807) is 6.08 Å². The molecule has 14 heavy (non-hydrogen) atoms. The maximum absolute atomic E-state index is 11.2. The number of hydrogen-bond donors (Lipinski definition) is 1. The van der Waals surface area contributed by atoms with E-state index in [1.165, 1.54) is 18.4 Å². The molecule has 3 nitrogen and oxygen atoms in total. The maximum Gasteiger partial charge on any atom is 0.261 e. The molecule has 1 rings (SSSR count). The third kappa shape index (κ3) is 2.21. The van der Waals surface area contributed by atoms with Crippen molar-refractivity contribution in [2.24, 2.45) is 0 Å². The van der Waals surface area contributed by atoms with Gasteiger partial charge in [0.1, 0.15) is 11.6 Å². The van der Waals surface area contributed by atoms with Crippen molar-refractivity contribution in [3.8, 4) is 6.07 Å². The van der Waals surface area contributed by atoms with Crippen molar-refractivity contribution < 1.29 is 4.79 Å². The lowest BCUT2D eigenvalue weighted by molar-refractivity contribution is -0.116. The number of hydrogen-bond acceptors (Lipinski definition) is 3. The monoisotopic (exact) mass is 206 g/mol. The van der Waals surface area contributed by atoms with Gasteiger partial charge in [-0.25, -0.2) is 0 Å². The summed E-state index contributed by atoms with van der Waals surface area (Å²) < 4.78 is 0. The molecule has 0 radical (unpaired) electrons. The Kier molecular flexibility index (Phi) is 3.43. The molecule has 0 aliphatic carbocycles. The zero-order valence-electron chi connectivity index (χ0n) is 8.00. The molecule has 0 fully saturated rings. The van der Waals surface area contributed by atoms with Crippen LogP contribution in [-0.4, -0.2) is 13.0 Å². The van der Waals surface area contributed by atoms with Crippen molar-refractivity contribution in [3.63, 3.8) is 0 Å². The highest BCUT2D eigenvalue weighted by atomic mass is 32.1. The molecule has 1 N–H and O–H groups in total. The van der Waals surface area contributed by atoms with E-state index in [4.69, 9.17) is 5.26 Å². The van der Waals surface area contributed by atoms with Crippen molar-refractivity contribution in [3.05, 3.63) is 27.5 Å². The summed E-state index contributed by atoms with van der Waals surface area (Å²) in [7, 11) is 1.51. The van der Waals surface area contributed by atoms with Crippen LogP contribution in [0.4, 0.5) is 0 Å². The van der Waals surface area contributed by atoms with E-state index >= 15 is 0 Å². The van der Waals surface area contributed by atoms with Crippen LogP contribution < -0.4 is 5.32 Å². The predicted octanol–water partition coefficient (Wildman–Crippen LogP) is 1.71. The number of nitrogens with zero attached hydrogens (tertiary/aromatic N) is 1. The van der Waals surface area contributed by atoms with Crippen molar-refractivity contribution in [2.45, 2.75) is 6.92 Å². The molecule has 0 spiro atoms.